The van der Waals surface area contributed by atoms with Crippen molar-refractivity contribution in [2.45, 2.75) is 42.9 Å². The number of benzene rings is 2. The average molecular weight is 466 g/mol. The maximum absolute atomic E-state index is 12.7. The lowest BCUT2D eigenvalue weighted by atomic mass is 9.92. The first-order valence-corrected chi connectivity index (χ1v) is 9.87. The molecule has 2 heterocycles. The molecule has 7 atom stereocenters. The Labute approximate surface area is 186 Å². The summed E-state index contributed by atoms with van der Waals surface area (Å²) in [4.78, 5) is 12.7. The minimum absolute atomic E-state index is 0.160. The maximum Gasteiger partial charge on any atom is 0.229 e. The number of aliphatic hydroxyl groups is 5. The summed E-state index contributed by atoms with van der Waals surface area (Å²) in [7, 11) is 0. The van der Waals surface area contributed by atoms with Crippen LogP contribution in [-0.2, 0) is 4.74 Å². The third kappa shape index (κ3) is 4.04. The van der Waals surface area contributed by atoms with Crippen LogP contribution in [0.25, 0.3) is 0 Å². The molecule has 2 aliphatic rings. The number of carbonyl (C=O) groups is 1. The molecule has 1 saturated heterocycles. The molecule has 178 valence electrons. The smallest absolute Gasteiger partial charge is 0.229 e. The van der Waals surface area contributed by atoms with E-state index in [2.05, 4.69) is 0 Å². The van der Waals surface area contributed by atoms with E-state index in [1.54, 1.807) is 0 Å². The number of carbonyl (C=O) groups excluding carboxylic acids is 1. The number of aromatic hydroxyl groups is 3. The number of hydrogen-bond donors (Lipinski definition) is 8. The van der Waals surface area contributed by atoms with Crippen LogP contribution in [-0.4, -0.2) is 90.1 Å². The van der Waals surface area contributed by atoms with Gasteiger partial charge in [0.2, 0.25) is 12.1 Å². The van der Waals surface area contributed by atoms with Crippen molar-refractivity contribution in [3.8, 4) is 28.7 Å². The molecule has 0 radical (unpaired) electrons. The molecule has 0 saturated carbocycles. The highest BCUT2D eigenvalue weighted by Crippen LogP contribution is 2.43. The number of phenolic OH excluding ortho intramolecular Hbond substituents is 3. The molecule has 0 amide bonds. The summed E-state index contributed by atoms with van der Waals surface area (Å²) in [6, 6.07) is 5.76. The molecule has 2 aromatic rings. The van der Waals surface area contributed by atoms with Crippen LogP contribution in [0, 0.1) is 0 Å². The standard InChI is InChI=1S/C21H22O12/c22-6-13-15(26)17(28)19(30)21(33-13)31-8-4-11(25)14-12(5-8)32-20(18(29)16(14)27)7-1-2-9(23)10(24)3-7/h1-5,13,15,17-26,28-30H,6H2. The van der Waals surface area contributed by atoms with E-state index in [0.717, 1.165) is 18.2 Å². The van der Waals surface area contributed by atoms with Crippen molar-refractivity contribution in [1.29, 1.82) is 0 Å². The SMILES string of the molecule is O=C1c2c(O)cc(OC3OC(CO)C(O)C(O)C3O)cc2OC(c2ccc(O)c(O)c2)C1O. The summed E-state index contributed by atoms with van der Waals surface area (Å²) in [5.74, 6) is -2.74. The van der Waals surface area contributed by atoms with Crippen molar-refractivity contribution in [3.05, 3.63) is 41.5 Å². The minimum Gasteiger partial charge on any atom is -0.507 e. The second kappa shape index (κ2) is 8.67. The Bertz CT molecular complexity index is 1050. The molecule has 8 N–H and O–H groups in total. The van der Waals surface area contributed by atoms with Gasteiger partial charge in [0.25, 0.3) is 0 Å². The summed E-state index contributed by atoms with van der Waals surface area (Å²) in [6.07, 6.45) is -10.8. The highest BCUT2D eigenvalue weighted by molar-refractivity contribution is 6.05. The molecule has 7 unspecified atom stereocenters. The van der Waals surface area contributed by atoms with E-state index in [9.17, 15) is 45.6 Å². The van der Waals surface area contributed by atoms with Gasteiger partial charge in [0.05, 0.1) is 6.61 Å². The van der Waals surface area contributed by atoms with Gasteiger partial charge in [-0.2, -0.15) is 0 Å². The molecular formula is C21H22O12. The number of phenols is 3. The predicted molar refractivity (Wildman–Crippen MR) is 106 cm³/mol. The first-order chi connectivity index (χ1) is 15.6. The summed E-state index contributed by atoms with van der Waals surface area (Å²) < 4.78 is 16.4. The molecule has 0 bridgehead atoms. The van der Waals surface area contributed by atoms with Gasteiger partial charge in [0, 0.05) is 12.1 Å². The molecule has 0 aromatic heterocycles. The molecule has 0 spiro atoms. The van der Waals surface area contributed by atoms with Crippen molar-refractivity contribution in [1.82, 2.24) is 0 Å². The van der Waals surface area contributed by atoms with E-state index in [4.69, 9.17) is 14.2 Å². The Balaban J connectivity index is 1.64. The van der Waals surface area contributed by atoms with E-state index in [1.165, 1.54) is 12.1 Å². The van der Waals surface area contributed by atoms with E-state index < -0.39 is 72.6 Å². The summed E-state index contributed by atoms with van der Waals surface area (Å²) >= 11 is 0. The normalized spacial score (nSPS) is 31.5. The minimum atomic E-state index is -1.73. The largest absolute Gasteiger partial charge is 0.507 e. The van der Waals surface area contributed by atoms with Crippen LogP contribution in [0.1, 0.15) is 22.0 Å². The second-order valence-electron chi connectivity index (χ2n) is 7.73. The van der Waals surface area contributed by atoms with E-state index >= 15 is 0 Å². The highest BCUT2D eigenvalue weighted by atomic mass is 16.7. The van der Waals surface area contributed by atoms with Gasteiger partial charge < -0.3 is 55.1 Å². The van der Waals surface area contributed by atoms with E-state index in [1.807, 2.05) is 0 Å². The molecule has 2 aliphatic heterocycles. The molecule has 12 nitrogen and oxygen atoms in total. The number of hydrogen-bond acceptors (Lipinski definition) is 12. The van der Waals surface area contributed by atoms with Crippen molar-refractivity contribution < 1.29 is 59.9 Å². The van der Waals surface area contributed by atoms with Crippen LogP contribution in [0.3, 0.4) is 0 Å². The fourth-order valence-electron chi connectivity index (χ4n) is 3.74. The lowest BCUT2D eigenvalue weighted by Gasteiger charge is -2.39. The van der Waals surface area contributed by atoms with Crippen LogP contribution >= 0.6 is 0 Å². The van der Waals surface area contributed by atoms with E-state index in [-0.39, 0.29) is 22.6 Å². The number of ketones is 1. The molecular weight excluding hydrogens is 444 g/mol. The Morgan fingerprint density at radius 1 is 0.879 bits per heavy atom. The van der Waals surface area contributed by atoms with Crippen LogP contribution < -0.4 is 9.47 Å². The molecule has 1 fully saturated rings. The van der Waals surface area contributed by atoms with Crippen LogP contribution in [0.4, 0.5) is 0 Å². The Morgan fingerprint density at radius 2 is 1.61 bits per heavy atom. The zero-order valence-electron chi connectivity index (χ0n) is 16.8. The van der Waals surface area contributed by atoms with Gasteiger partial charge in [-0.15, -0.1) is 0 Å². The second-order valence-corrected chi connectivity index (χ2v) is 7.73. The van der Waals surface area contributed by atoms with Gasteiger partial charge in [0.15, 0.2) is 23.7 Å². The molecule has 0 aliphatic carbocycles. The van der Waals surface area contributed by atoms with Crippen molar-refractivity contribution in [2.75, 3.05) is 6.61 Å². The quantitative estimate of drug-likeness (QED) is 0.246. The number of fused-ring (bicyclic) bond motifs is 1. The predicted octanol–water partition coefficient (Wildman–Crippen LogP) is -1.34. The topological polar surface area (TPSA) is 207 Å². The third-order valence-electron chi connectivity index (χ3n) is 5.54. The van der Waals surface area contributed by atoms with Crippen molar-refractivity contribution in [3.63, 3.8) is 0 Å². The number of Topliss-reactive ketones (excluding diaryl/α,β-unsaturated/α-hetero) is 1. The maximum atomic E-state index is 12.7. The molecule has 33 heavy (non-hydrogen) atoms. The summed E-state index contributed by atoms with van der Waals surface area (Å²) in [6.45, 7) is -0.670. The van der Waals surface area contributed by atoms with Crippen molar-refractivity contribution >= 4 is 5.78 Å². The summed E-state index contributed by atoms with van der Waals surface area (Å²) in [5, 5.41) is 79.2. The van der Waals surface area contributed by atoms with Gasteiger partial charge >= 0.3 is 0 Å². The highest BCUT2D eigenvalue weighted by Gasteiger charge is 2.45. The fraction of sp³-hybridized carbons (Fsp3) is 0.381. The zero-order chi connectivity index (χ0) is 24.0. The lowest BCUT2D eigenvalue weighted by molar-refractivity contribution is -0.277. The number of aliphatic hydroxyl groups excluding tert-OH is 5. The molecule has 4 rings (SSSR count). The fourth-order valence-corrected chi connectivity index (χ4v) is 3.74. The molecule has 12 heteroatoms. The van der Waals surface area contributed by atoms with Gasteiger partial charge in [-0.25, -0.2) is 0 Å². The van der Waals surface area contributed by atoms with Crippen LogP contribution in [0.5, 0.6) is 28.7 Å². The van der Waals surface area contributed by atoms with E-state index in [0.29, 0.717) is 0 Å². The van der Waals surface area contributed by atoms with Crippen molar-refractivity contribution in [2.24, 2.45) is 0 Å². The molecule has 2 aromatic carbocycles. The zero-order valence-corrected chi connectivity index (χ0v) is 16.8. The van der Waals surface area contributed by atoms with Crippen LogP contribution in [0.15, 0.2) is 30.3 Å². The van der Waals surface area contributed by atoms with Gasteiger partial charge in [-0.05, 0) is 17.7 Å². The van der Waals surface area contributed by atoms with Gasteiger partial charge in [-0.3, -0.25) is 4.79 Å². The third-order valence-corrected chi connectivity index (χ3v) is 5.54. The van der Waals surface area contributed by atoms with Gasteiger partial charge in [0.1, 0.15) is 47.2 Å². The Kier molecular flexibility index (Phi) is 6.05. The number of ether oxygens (including phenoxy) is 3. The number of rotatable bonds is 4. The Morgan fingerprint density at radius 3 is 2.27 bits per heavy atom. The summed E-state index contributed by atoms with van der Waals surface area (Å²) in [5.41, 5.74) is -0.167. The average Bonchev–Trinajstić information content (AvgIpc) is 2.78. The lowest BCUT2D eigenvalue weighted by Crippen LogP contribution is -2.60. The first kappa shape index (κ1) is 23.0. The Hall–Kier alpha value is -3.13. The van der Waals surface area contributed by atoms with Gasteiger partial charge in [-0.1, -0.05) is 6.07 Å². The first-order valence-electron chi connectivity index (χ1n) is 9.87. The van der Waals surface area contributed by atoms with Crippen LogP contribution in [0.2, 0.25) is 0 Å². The monoisotopic (exact) mass is 466 g/mol.